The molecule has 1 aliphatic rings. The third kappa shape index (κ3) is 1.69. The number of ether oxygens (including phenoxy) is 1. The largest absolute Gasteiger partial charge is 0.376 e. The van der Waals surface area contributed by atoms with E-state index in [-0.39, 0.29) is 11.9 Å². The van der Waals surface area contributed by atoms with Crippen molar-refractivity contribution in [3.63, 3.8) is 0 Å². The quantitative estimate of drug-likeness (QED) is 0.483. The Kier molecular flexibility index (Phi) is 2.44. The van der Waals surface area contributed by atoms with Crippen LogP contribution in [0.4, 0.5) is 0 Å². The second-order valence-corrected chi connectivity index (χ2v) is 2.43. The van der Waals surface area contributed by atoms with Crippen molar-refractivity contribution < 1.29 is 9.53 Å². The maximum Gasteiger partial charge on any atom is 0.220 e. The fraction of sp³-hybridized carbons (Fsp3) is 0.714. The maximum atomic E-state index is 10.9. The number of rotatable bonds is 0. The van der Waals surface area contributed by atoms with Crippen LogP contribution < -0.4 is 0 Å². The van der Waals surface area contributed by atoms with E-state index in [1.54, 1.807) is 0 Å². The summed E-state index contributed by atoms with van der Waals surface area (Å²) < 4.78 is 5.04. The van der Waals surface area contributed by atoms with Crippen LogP contribution in [0.5, 0.6) is 0 Å². The van der Waals surface area contributed by atoms with E-state index in [0.717, 1.165) is 0 Å². The zero-order chi connectivity index (χ0) is 8.27. The number of morpholine rings is 1. The van der Waals surface area contributed by atoms with Crippen molar-refractivity contribution in [3.8, 4) is 6.07 Å². The summed E-state index contributed by atoms with van der Waals surface area (Å²) in [5.74, 6) is -0.0557. The van der Waals surface area contributed by atoms with Crippen molar-refractivity contribution in [1.82, 2.24) is 4.90 Å². The van der Waals surface area contributed by atoms with Gasteiger partial charge >= 0.3 is 0 Å². The number of carbonyl (C=O) groups excluding carboxylic acids is 1. The van der Waals surface area contributed by atoms with Gasteiger partial charge < -0.3 is 9.64 Å². The van der Waals surface area contributed by atoms with Crippen LogP contribution in [-0.4, -0.2) is 36.6 Å². The Morgan fingerprint density at radius 2 is 2.55 bits per heavy atom. The fourth-order valence-electron chi connectivity index (χ4n) is 1.09. The standard InChI is InChI=1S/C7H10N2O2/c1-6(10)9-2-3-11-5-7(9)4-8/h7H,2-3,5H2,1H3/t7-/m0/s1. The van der Waals surface area contributed by atoms with Crippen LogP contribution in [0.3, 0.4) is 0 Å². The van der Waals surface area contributed by atoms with Gasteiger partial charge in [-0.15, -0.1) is 0 Å². The molecule has 0 aromatic carbocycles. The van der Waals surface area contributed by atoms with Gasteiger partial charge in [-0.25, -0.2) is 0 Å². The Morgan fingerprint density at radius 3 is 3.00 bits per heavy atom. The number of hydrogen-bond acceptors (Lipinski definition) is 3. The molecule has 1 aliphatic heterocycles. The third-order valence-electron chi connectivity index (χ3n) is 1.68. The molecule has 0 aromatic heterocycles. The predicted molar refractivity (Wildman–Crippen MR) is 37.6 cm³/mol. The monoisotopic (exact) mass is 154 g/mol. The highest BCUT2D eigenvalue weighted by Gasteiger charge is 2.23. The lowest BCUT2D eigenvalue weighted by molar-refractivity contribution is -0.135. The van der Waals surface area contributed by atoms with Gasteiger partial charge in [0.15, 0.2) is 0 Å². The summed E-state index contributed by atoms with van der Waals surface area (Å²) in [6, 6.07) is 1.63. The van der Waals surface area contributed by atoms with E-state index in [4.69, 9.17) is 10.00 Å². The molecule has 0 unspecified atom stereocenters. The molecule has 0 spiro atoms. The summed E-state index contributed by atoms with van der Waals surface area (Å²) in [6.07, 6.45) is 0. The summed E-state index contributed by atoms with van der Waals surface area (Å²) in [5.41, 5.74) is 0. The van der Waals surface area contributed by atoms with E-state index in [2.05, 4.69) is 0 Å². The molecule has 11 heavy (non-hydrogen) atoms. The maximum absolute atomic E-state index is 10.9. The number of hydrogen-bond donors (Lipinski definition) is 0. The number of carbonyl (C=O) groups is 1. The summed E-state index contributed by atoms with van der Waals surface area (Å²) in [7, 11) is 0. The van der Waals surface area contributed by atoms with E-state index >= 15 is 0 Å². The summed E-state index contributed by atoms with van der Waals surface area (Å²) in [4.78, 5) is 12.4. The minimum Gasteiger partial charge on any atom is -0.376 e. The highest BCUT2D eigenvalue weighted by molar-refractivity contribution is 5.74. The van der Waals surface area contributed by atoms with Crippen molar-refractivity contribution in [1.29, 1.82) is 5.26 Å². The van der Waals surface area contributed by atoms with Crippen LogP contribution in [0.2, 0.25) is 0 Å². The fourth-order valence-corrected chi connectivity index (χ4v) is 1.09. The first-order valence-corrected chi connectivity index (χ1v) is 3.50. The van der Waals surface area contributed by atoms with Gasteiger partial charge in [0.2, 0.25) is 5.91 Å². The molecular weight excluding hydrogens is 144 g/mol. The molecule has 1 saturated heterocycles. The van der Waals surface area contributed by atoms with Gasteiger partial charge in [0, 0.05) is 13.5 Å². The predicted octanol–water partition coefficient (Wildman–Crippen LogP) is -0.243. The average molecular weight is 154 g/mol. The molecule has 1 rings (SSSR count). The molecule has 0 radical (unpaired) electrons. The number of nitrogens with zero attached hydrogens (tertiary/aromatic N) is 2. The van der Waals surface area contributed by atoms with Gasteiger partial charge in [0.1, 0.15) is 6.04 Å². The van der Waals surface area contributed by atoms with E-state index in [9.17, 15) is 4.79 Å². The smallest absolute Gasteiger partial charge is 0.220 e. The Balaban J connectivity index is 2.60. The summed E-state index contributed by atoms with van der Waals surface area (Å²) in [5, 5.41) is 8.59. The van der Waals surface area contributed by atoms with Crippen LogP contribution in [0, 0.1) is 11.3 Å². The molecule has 1 heterocycles. The second kappa shape index (κ2) is 3.35. The van der Waals surface area contributed by atoms with Gasteiger partial charge in [0.05, 0.1) is 19.3 Å². The minimum atomic E-state index is -0.388. The van der Waals surface area contributed by atoms with Crippen molar-refractivity contribution >= 4 is 5.91 Å². The highest BCUT2D eigenvalue weighted by Crippen LogP contribution is 2.05. The first-order valence-electron chi connectivity index (χ1n) is 3.50. The average Bonchev–Trinajstić information content (AvgIpc) is 2.04. The van der Waals surface area contributed by atoms with E-state index in [1.807, 2.05) is 6.07 Å². The Hall–Kier alpha value is -1.08. The normalized spacial score (nSPS) is 24.4. The van der Waals surface area contributed by atoms with E-state index in [1.165, 1.54) is 11.8 Å². The molecule has 4 nitrogen and oxygen atoms in total. The summed E-state index contributed by atoms with van der Waals surface area (Å²) in [6.45, 7) is 2.89. The lowest BCUT2D eigenvalue weighted by Crippen LogP contribution is -2.46. The Morgan fingerprint density at radius 1 is 1.82 bits per heavy atom. The Labute approximate surface area is 65.4 Å². The zero-order valence-electron chi connectivity index (χ0n) is 6.41. The molecule has 0 aliphatic carbocycles. The number of amides is 1. The summed E-state index contributed by atoms with van der Waals surface area (Å²) >= 11 is 0. The molecule has 0 saturated carbocycles. The molecule has 0 N–H and O–H groups in total. The van der Waals surface area contributed by atoms with Crippen molar-refractivity contribution in [3.05, 3.63) is 0 Å². The Bertz CT molecular complexity index is 197. The van der Waals surface area contributed by atoms with Gasteiger partial charge in [-0.1, -0.05) is 0 Å². The van der Waals surface area contributed by atoms with Crippen LogP contribution >= 0.6 is 0 Å². The van der Waals surface area contributed by atoms with Gasteiger partial charge in [-0.2, -0.15) is 5.26 Å². The molecule has 1 fully saturated rings. The molecular formula is C7H10N2O2. The molecule has 1 amide bonds. The van der Waals surface area contributed by atoms with Gasteiger partial charge in [-0.3, -0.25) is 4.79 Å². The third-order valence-corrected chi connectivity index (χ3v) is 1.68. The van der Waals surface area contributed by atoms with E-state index < -0.39 is 0 Å². The second-order valence-electron chi connectivity index (χ2n) is 2.43. The zero-order valence-corrected chi connectivity index (χ0v) is 6.41. The van der Waals surface area contributed by atoms with Crippen molar-refractivity contribution in [2.24, 2.45) is 0 Å². The van der Waals surface area contributed by atoms with Crippen molar-refractivity contribution in [2.45, 2.75) is 13.0 Å². The van der Waals surface area contributed by atoms with Gasteiger partial charge in [0.25, 0.3) is 0 Å². The first-order chi connectivity index (χ1) is 5.25. The van der Waals surface area contributed by atoms with E-state index in [0.29, 0.717) is 19.8 Å². The lowest BCUT2D eigenvalue weighted by atomic mass is 10.2. The van der Waals surface area contributed by atoms with Crippen LogP contribution in [-0.2, 0) is 9.53 Å². The van der Waals surface area contributed by atoms with Crippen molar-refractivity contribution in [2.75, 3.05) is 19.8 Å². The van der Waals surface area contributed by atoms with Crippen LogP contribution in [0.25, 0.3) is 0 Å². The van der Waals surface area contributed by atoms with Crippen LogP contribution in [0.1, 0.15) is 6.92 Å². The lowest BCUT2D eigenvalue weighted by Gasteiger charge is -2.30. The molecule has 0 bridgehead atoms. The first kappa shape index (κ1) is 8.02. The molecule has 4 heteroatoms. The van der Waals surface area contributed by atoms with Gasteiger partial charge in [-0.05, 0) is 0 Å². The number of nitriles is 1. The molecule has 1 atom stereocenters. The topological polar surface area (TPSA) is 53.3 Å². The van der Waals surface area contributed by atoms with Crippen LogP contribution in [0.15, 0.2) is 0 Å². The molecule has 60 valence electrons. The SMILES string of the molecule is CC(=O)N1CCOC[C@@H]1C#N. The minimum absolute atomic E-state index is 0.0557. The highest BCUT2D eigenvalue weighted by atomic mass is 16.5. The molecule has 0 aromatic rings.